The standard InChI is InChI=1S/C15H26N2OS/c1-2-17-10-14(8-13-4-7-19-12-13)9-15(11-17)16-5-3-6-18/h4,7,12,14-16,18H,2-3,5-6,8-11H2,1H3. The Balaban J connectivity index is 1.84. The second-order valence-electron chi connectivity index (χ2n) is 5.52. The molecule has 1 aliphatic rings. The van der Waals surface area contributed by atoms with Gasteiger partial charge in [0.25, 0.3) is 0 Å². The lowest BCUT2D eigenvalue weighted by Crippen LogP contribution is -2.49. The van der Waals surface area contributed by atoms with E-state index in [2.05, 4.69) is 34.0 Å². The summed E-state index contributed by atoms with van der Waals surface area (Å²) < 4.78 is 0. The summed E-state index contributed by atoms with van der Waals surface area (Å²) in [5.74, 6) is 0.759. The molecule has 2 unspecified atom stereocenters. The number of hydrogen-bond acceptors (Lipinski definition) is 4. The van der Waals surface area contributed by atoms with Gasteiger partial charge in [0.1, 0.15) is 0 Å². The minimum atomic E-state index is 0.287. The zero-order valence-corrected chi connectivity index (χ0v) is 12.7. The number of piperidine rings is 1. The molecule has 0 saturated carbocycles. The fraction of sp³-hybridized carbons (Fsp3) is 0.733. The number of likely N-dealkylation sites (N-methyl/N-ethyl adjacent to an activating group) is 1. The first kappa shape index (κ1) is 15.0. The zero-order valence-electron chi connectivity index (χ0n) is 11.8. The van der Waals surface area contributed by atoms with Crippen molar-refractivity contribution >= 4 is 11.3 Å². The van der Waals surface area contributed by atoms with Gasteiger partial charge in [0, 0.05) is 25.7 Å². The third-order valence-electron chi connectivity index (χ3n) is 3.93. The second-order valence-corrected chi connectivity index (χ2v) is 6.30. The number of rotatable bonds is 7. The maximum absolute atomic E-state index is 8.87. The predicted octanol–water partition coefficient (Wildman–Crippen LogP) is 1.97. The highest BCUT2D eigenvalue weighted by Gasteiger charge is 2.26. The number of hydrogen-bond donors (Lipinski definition) is 2. The van der Waals surface area contributed by atoms with E-state index in [9.17, 15) is 0 Å². The Morgan fingerprint density at radius 1 is 1.47 bits per heavy atom. The Labute approximate surface area is 120 Å². The van der Waals surface area contributed by atoms with Gasteiger partial charge in [-0.05, 0) is 60.7 Å². The second kappa shape index (κ2) is 8.00. The fourth-order valence-electron chi connectivity index (χ4n) is 2.98. The number of aliphatic hydroxyl groups is 1. The summed E-state index contributed by atoms with van der Waals surface area (Å²) in [6, 6.07) is 2.84. The van der Waals surface area contributed by atoms with E-state index in [1.54, 1.807) is 11.3 Å². The SMILES string of the molecule is CCN1CC(Cc2ccsc2)CC(NCCCO)C1. The molecule has 0 aliphatic carbocycles. The van der Waals surface area contributed by atoms with Crippen LogP contribution in [0.4, 0.5) is 0 Å². The molecule has 2 heterocycles. The summed E-state index contributed by atoms with van der Waals surface area (Å²) in [5, 5.41) is 16.9. The molecule has 108 valence electrons. The fourth-order valence-corrected chi connectivity index (χ4v) is 3.67. The predicted molar refractivity (Wildman–Crippen MR) is 81.7 cm³/mol. The smallest absolute Gasteiger partial charge is 0.0443 e. The molecule has 0 radical (unpaired) electrons. The van der Waals surface area contributed by atoms with Crippen LogP contribution in [-0.4, -0.2) is 48.8 Å². The molecule has 1 aliphatic heterocycles. The largest absolute Gasteiger partial charge is 0.396 e. The molecular formula is C15H26N2OS. The monoisotopic (exact) mass is 282 g/mol. The molecule has 2 rings (SSSR count). The van der Waals surface area contributed by atoms with E-state index in [-0.39, 0.29) is 6.61 Å². The van der Waals surface area contributed by atoms with Gasteiger partial charge in [-0.3, -0.25) is 0 Å². The number of thiophene rings is 1. The van der Waals surface area contributed by atoms with E-state index in [0.29, 0.717) is 6.04 Å². The van der Waals surface area contributed by atoms with Crippen LogP contribution in [0.2, 0.25) is 0 Å². The first-order chi connectivity index (χ1) is 9.31. The minimum Gasteiger partial charge on any atom is -0.396 e. The average molecular weight is 282 g/mol. The van der Waals surface area contributed by atoms with Crippen LogP contribution < -0.4 is 5.32 Å². The van der Waals surface area contributed by atoms with Crippen LogP contribution in [-0.2, 0) is 6.42 Å². The molecule has 19 heavy (non-hydrogen) atoms. The van der Waals surface area contributed by atoms with Crippen LogP contribution in [0.5, 0.6) is 0 Å². The molecule has 1 saturated heterocycles. The third-order valence-corrected chi connectivity index (χ3v) is 4.66. The molecular weight excluding hydrogens is 256 g/mol. The Bertz CT molecular complexity index is 342. The van der Waals surface area contributed by atoms with Gasteiger partial charge in [-0.1, -0.05) is 6.92 Å². The van der Waals surface area contributed by atoms with Gasteiger partial charge in [-0.2, -0.15) is 11.3 Å². The van der Waals surface area contributed by atoms with Crippen molar-refractivity contribution in [2.75, 3.05) is 32.8 Å². The summed E-state index contributed by atoms with van der Waals surface area (Å²) in [6.07, 6.45) is 3.33. The first-order valence-electron chi connectivity index (χ1n) is 7.39. The highest BCUT2D eigenvalue weighted by molar-refractivity contribution is 7.07. The van der Waals surface area contributed by atoms with Gasteiger partial charge in [0.05, 0.1) is 0 Å². The summed E-state index contributed by atoms with van der Waals surface area (Å²) >= 11 is 1.80. The Morgan fingerprint density at radius 3 is 3.05 bits per heavy atom. The first-order valence-corrected chi connectivity index (χ1v) is 8.33. The highest BCUT2D eigenvalue weighted by Crippen LogP contribution is 2.22. The van der Waals surface area contributed by atoms with Crippen molar-refractivity contribution in [3.05, 3.63) is 22.4 Å². The number of likely N-dealkylation sites (tertiary alicyclic amines) is 1. The van der Waals surface area contributed by atoms with E-state index in [1.807, 2.05) is 0 Å². The number of nitrogens with one attached hydrogen (secondary N) is 1. The molecule has 0 aromatic carbocycles. The van der Waals surface area contributed by atoms with Gasteiger partial charge in [-0.25, -0.2) is 0 Å². The van der Waals surface area contributed by atoms with Crippen molar-refractivity contribution in [2.45, 2.75) is 32.2 Å². The molecule has 0 bridgehead atoms. The normalized spacial score (nSPS) is 24.7. The molecule has 2 atom stereocenters. The van der Waals surface area contributed by atoms with Gasteiger partial charge < -0.3 is 15.3 Å². The van der Waals surface area contributed by atoms with Crippen LogP contribution in [0.15, 0.2) is 16.8 Å². The average Bonchev–Trinajstić information content (AvgIpc) is 2.91. The van der Waals surface area contributed by atoms with Crippen molar-refractivity contribution in [2.24, 2.45) is 5.92 Å². The van der Waals surface area contributed by atoms with E-state index < -0.39 is 0 Å². The summed E-state index contributed by atoms with van der Waals surface area (Å²) in [7, 11) is 0. The van der Waals surface area contributed by atoms with Gasteiger partial charge in [0.15, 0.2) is 0 Å². The topological polar surface area (TPSA) is 35.5 Å². The van der Waals surface area contributed by atoms with E-state index >= 15 is 0 Å². The van der Waals surface area contributed by atoms with Crippen LogP contribution in [0, 0.1) is 5.92 Å². The molecule has 4 heteroatoms. The van der Waals surface area contributed by atoms with Crippen LogP contribution in [0.3, 0.4) is 0 Å². The maximum Gasteiger partial charge on any atom is 0.0443 e. The number of aliphatic hydroxyl groups excluding tert-OH is 1. The molecule has 0 spiro atoms. The number of nitrogens with zero attached hydrogens (tertiary/aromatic N) is 1. The van der Waals surface area contributed by atoms with Gasteiger partial charge >= 0.3 is 0 Å². The van der Waals surface area contributed by atoms with Crippen molar-refractivity contribution in [1.82, 2.24) is 10.2 Å². The quantitative estimate of drug-likeness (QED) is 0.751. The van der Waals surface area contributed by atoms with Crippen molar-refractivity contribution < 1.29 is 5.11 Å². The van der Waals surface area contributed by atoms with Crippen molar-refractivity contribution in [1.29, 1.82) is 0 Å². The third kappa shape index (κ3) is 4.88. The van der Waals surface area contributed by atoms with E-state index in [4.69, 9.17) is 5.11 Å². The Hall–Kier alpha value is -0.420. The van der Waals surface area contributed by atoms with E-state index in [0.717, 1.165) is 32.0 Å². The molecule has 1 aromatic rings. The molecule has 1 fully saturated rings. The minimum absolute atomic E-state index is 0.287. The molecule has 2 N–H and O–H groups in total. The maximum atomic E-state index is 8.87. The summed E-state index contributed by atoms with van der Waals surface area (Å²) in [4.78, 5) is 2.55. The molecule has 3 nitrogen and oxygen atoms in total. The zero-order chi connectivity index (χ0) is 13.5. The Morgan fingerprint density at radius 2 is 2.37 bits per heavy atom. The summed E-state index contributed by atoms with van der Waals surface area (Å²) in [6.45, 7) is 6.99. The van der Waals surface area contributed by atoms with Crippen LogP contribution in [0.25, 0.3) is 0 Å². The van der Waals surface area contributed by atoms with Crippen molar-refractivity contribution in [3.8, 4) is 0 Å². The van der Waals surface area contributed by atoms with Crippen LogP contribution in [0.1, 0.15) is 25.3 Å². The molecule has 0 amide bonds. The van der Waals surface area contributed by atoms with Crippen molar-refractivity contribution in [3.63, 3.8) is 0 Å². The Kier molecular flexibility index (Phi) is 6.31. The lowest BCUT2D eigenvalue weighted by molar-refractivity contribution is 0.145. The molecule has 1 aromatic heterocycles. The van der Waals surface area contributed by atoms with Gasteiger partial charge in [-0.15, -0.1) is 0 Å². The lowest BCUT2D eigenvalue weighted by atomic mass is 9.89. The van der Waals surface area contributed by atoms with E-state index in [1.165, 1.54) is 24.9 Å². The van der Waals surface area contributed by atoms with Crippen LogP contribution >= 0.6 is 11.3 Å². The van der Waals surface area contributed by atoms with Gasteiger partial charge in [0.2, 0.25) is 0 Å². The lowest BCUT2D eigenvalue weighted by Gasteiger charge is -2.37. The highest BCUT2D eigenvalue weighted by atomic mass is 32.1. The summed E-state index contributed by atoms with van der Waals surface area (Å²) in [5.41, 5.74) is 1.49.